The fourth-order valence-electron chi connectivity index (χ4n) is 11.7. The average Bonchev–Trinajstić information content (AvgIpc) is 4.14. The number of anilines is 3. The minimum absolute atomic E-state index is 0.0510. The van der Waals surface area contributed by atoms with Gasteiger partial charge in [0.15, 0.2) is 0 Å². The zero-order valence-electron chi connectivity index (χ0n) is 42.0. The van der Waals surface area contributed by atoms with Gasteiger partial charge in [0.2, 0.25) is 11.8 Å². The summed E-state index contributed by atoms with van der Waals surface area (Å²) >= 11 is 0. The number of ether oxygens (including phenoxy) is 4. The zero-order valence-corrected chi connectivity index (χ0v) is 42.0. The Morgan fingerprint density at radius 2 is 1.53 bits per heavy atom. The predicted molar refractivity (Wildman–Crippen MR) is 286 cm³/mol. The molecule has 4 aliphatic heterocycles. The van der Waals surface area contributed by atoms with Crippen molar-refractivity contribution >= 4 is 46.6 Å². The van der Waals surface area contributed by atoms with Crippen molar-refractivity contribution in [1.29, 1.82) is 0 Å². The van der Waals surface area contributed by atoms with Crippen LogP contribution < -0.4 is 19.9 Å². The van der Waals surface area contributed by atoms with Gasteiger partial charge in [-0.1, -0.05) is 90.7 Å². The number of non-ortho nitro benzene ring substituents is 1. The van der Waals surface area contributed by atoms with Crippen LogP contribution in [-0.4, -0.2) is 84.4 Å². The number of imide groups is 1. The summed E-state index contributed by atoms with van der Waals surface area (Å²) in [6, 6.07) is 40.2. The van der Waals surface area contributed by atoms with Gasteiger partial charge < -0.3 is 34.3 Å². The number of esters is 1. The lowest BCUT2D eigenvalue weighted by molar-refractivity contribution is -0.384. The molecule has 0 bridgehead atoms. The van der Waals surface area contributed by atoms with E-state index in [2.05, 4.69) is 28.1 Å². The topological polar surface area (TPSA) is 190 Å². The second-order valence-electron chi connectivity index (χ2n) is 19.6. The fraction of sp³-hybridized carbons (Fsp3) is 0.279. The average molecular weight is 1030 g/mol. The maximum absolute atomic E-state index is 16.8. The SMILES string of the molecule is O=C1O[C@H](c2ccccc2)[C@H](c2ccccc2)N2[C@H]1[C@@H](C(=O)Nc1ccc(N3CCOCC3)cc1)[C@]1(C(=O)N(C(=O)OCc3ccc([N+](=O)[O-])cc3)c3ccc(C#CC4=CCCCC4)cc31)[C@H]2c1cccc(OCCO)c1. The van der Waals surface area contributed by atoms with Crippen LogP contribution in [0.25, 0.3) is 0 Å². The highest BCUT2D eigenvalue weighted by Crippen LogP contribution is 2.66. The van der Waals surface area contributed by atoms with E-state index in [4.69, 9.17) is 18.9 Å². The molecule has 3 amide bonds. The molecule has 0 aromatic heterocycles. The first-order valence-electron chi connectivity index (χ1n) is 25.9. The zero-order chi connectivity index (χ0) is 53.0. The molecule has 0 radical (unpaired) electrons. The van der Waals surface area contributed by atoms with Crippen molar-refractivity contribution in [3.05, 3.63) is 207 Å². The molecule has 6 aromatic carbocycles. The Bertz CT molecular complexity index is 3300. The molecular formula is C61H55N5O11. The monoisotopic (exact) mass is 1030 g/mol. The summed E-state index contributed by atoms with van der Waals surface area (Å²) < 4.78 is 24.3. The van der Waals surface area contributed by atoms with E-state index in [0.29, 0.717) is 60.0 Å². The third-order valence-electron chi connectivity index (χ3n) is 15.1. The number of nitrogens with one attached hydrogen (secondary N) is 1. The molecule has 77 heavy (non-hydrogen) atoms. The number of nitro benzene ring substituents is 1. The van der Waals surface area contributed by atoms with Gasteiger partial charge in [0, 0.05) is 42.2 Å². The van der Waals surface area contributed by atoms with Crippen LogP contribution in [0, 0.1) is 27.9 Å². The van der Waals surface area contributed by atoms with Crippen molar-refractivity contribution in [2.24, 2.45) is 5.92 Å². The lowest BCUT2D eigenvalue weighted by atomic mass is 9.65. The van der Waals surface area contributed by atoms with E-state index in [0.717, 1.165) is 47.4 Å². The summed E-state index contributed by atoms with van der Waals surface area (Å²) in [6.07, 6.45) is 3.85. The number of carbonyl (C=O) groups excluding carboxylic acids is 4. The molecule has 6 aromatic rings. The highest BCUT2D eigenvalue weighted by Gasteiger charge is 2.76. The van der Waals surface area contributed by atoms with Crippen molar-refractivity contribution in [3.63, 3.8) is 0 Å². The molecule has 390 valence electrons. The smallest absolute Gasteiger partial charge is 0.421 e. The molecule has 0 unspecified atom stereocenters. The first kappa shape index (κ1) is 50.5. The fourth-order valence-corrected chi connectivity index (χ4v) is 11.7. The standard InChI is InChI=1S/C61H55N5O11/c67-33-36-75-49-18-10-17-45(38-49)56-61(50-37-41(20-19-40-11-4-1-5-12-40)23-30-51(50)64(59(61)70)60(71)76-39-42-21-26-48(27-22-42)66(72)73)52(57(68)62-46-24-28-47(29-25-46)63-31-34-74-35-32-63)54-58(69)77-55(44-15-8-3-9-16-44)53(65(54)56)43-13-6-2-7-14-43/h2-3,6-11,13-18,21-30,37-38,52-56,67H,1,4-5,12,31-36,39H2,(H,62,68)/t52-,53-,54-,55+,56+,61-/m0/s1. The summed E-state index contributed by atoms with van der Waals surface area (Å²) in [5.74, 6) is 3.10. The molecule has 6 atom stereocenters. The Balaban J connectivity index is 1.15. The second-order valence-corrected chi connectivity index (χ2v) is 19.6. The number of benzene rings is 6. The molecule has 2 N–H and O–H groups in total. The van der Waals surface area contributed by atoms with Gasteiger partial charge in [0.1, 0.15) is 36.5 Å². The summed E-state index contributed by atoms with van der Waals surface area (Å²) in [6.45, 7) is 1.82. The van der Waals surface area contributed by atoms with Gasteiger partial charge in [-0.2, -0.15) is 0 Å². The summed E-state index contributed by atoms with van der Waals surface area (Å²) in [5.41, 5.74) is 3.12. The number of morpholine rings is 2. The quantitative estimate of drug-likeness (QED) is 0.0511. The van der Waals surface area contributed by atoms with Crippen LogP contribution in [0.1, 0.15) is 77.3 Å². The Kier molecular flexibility index (Phi) is 14.4. The number of hydrogen-bond acceptors (Lipinski definition) is 13. The molecule has 11 rings (SSSR count). The van der Waals surface area contributed by atoms with E-state index in [1.165, 1.54) is 24.3 Å². The third kappa shape index (κ3) is 9.69. The maximum Gasteiger partial charge on any atom is 0.421 e. The first-order chi connectivity index (χ1) is 37.6. The third-order valence-corrected chi connectivity index (χ3v) is 15.1. The van der Waals surface area contributed by atoms with Crippen molar-refractivity contribution in [3.8, 4) is 17.6 Å². The molecule has 16 heteroatoms. The number of nitro groups is 1. The van der Waals surface area contributed by atoms with Crippen LogP contribution in [-0.2, 0) is 40.6 Å². The van der Waals surface area contributed by atoms with Gasteiger partial charge in [-0.25, -0.2) is 9.69 Å². The number of allylic oxidation sites excluding steroid dienone is 2. The van der Waals surface area contributed by atoms with Crippen molar-refractivity contribution < 1.29 is 48.2 Å². The van der Waals surface area contributed by atoms with E-state index in [-0.39, 0.29) is 36.8 Å². The number of rotatable bonds is 12. The number of carbonyl (C=O) groups is 4. The van der Waals surface area contributed by atoms with Gasteiger partial charge in [-0.15, -0.1) is 0 Å². The van der Waals surface area contributed by atoms with E-state index >= 15 is 19.2 Å². The Hall–Kier alpha value is -8.62. The minimum Gasteiger partial charge on any atom is -0.491 e. The van der Waals surface area contributed by atoms with Crippen LogP contribution in [0.2, 0.25) is 0 Å². The molecular weight excluding hydrogens is 979 g/mol. The molecule has 5 aliphatic rings. The van der Waals surface area contributed by atoms with Crippen molar-refractivity contribution in [2.75, 3.05) is 54.6 Å². The molecule has 0 saturated carbocycles. The van der Waals surface area contributed by atoms with Crippen LogP contribution in [0.5, 0.6) is 5.75 Å². The van der Waals surface area contributed by atoms with Crippen LogP contribution in [0.15, 0.2) is 163 Å². The minimum atomic E-state index is -2.14. The largest absolute Gasteiger partial charge is 0.491 e. The van der Waals surface area contributed by atoms with Crippen molar-refractivity contribution in [2.45, 2.75) is 61.9 Å². The number of fused-ring (bicyclic) bond motifs is 3. The number of cyclic esters (lactones) is 1. The normalized spacial score (nSPS) is 22.7. The number of nitrogens with zero attached hydrogens (tertiary/aromatic N) is 4. The maximum atomic E-state index is 16.8. The van der Waals surface area contributed by atoms with Gasteiger partial charge in [0.25, 0.3) is 5.69 Å². The summed E-state index contributed by atoms with van der Waals surface area (Å²) in [4.78, 5) is 79.7. The highest BCUT2D eigenvalue weighted by molar-refractivity contribution is 6.24. The van der Waals surface area contributed by atoms with Gasteiger partial charge in [-0.05, 0) is 126 Å². The van der Waals surface area contributed by atoms with Crippen LogP contribution >= 0.6 is 0 Å². The molecule has 4 heterocycles. The van der Waals surface area contributed by atoms with E-state index in [1.54, 1.807) is 54.6 Å². The van der Waals surface area contributed by atoms with E-state index < -0.39 is 64.4 Å². The molecule has 1 aliphatic carbocycles. The lowest BCUT2D eigenvalue weighted by Crippen LogP contribution is -2.54. The molecule has 1 spiro atoms. The molecule has 16 nitrogen and oxygen atoms in total. The van der Waals surface area contributed by atoms with Gasteiger partial charge in [0.05, 0.1) is 48.4 Å². The Labute approximate surface area is 444 Å². The summed E-state index contributed by atoms with van der Waals surface area (Å²) in [5, 5.41) is 24.5. The van der Waals surface area contributed by atoms with E-state index in [1.807, 2.05) is 77.7 Å². The number of aliphatic hydroxyl groups is 1. The highest BCUT2D eigenvalue weighted by atomic mass is 16.6. The molecule has 3 saturated heterocycles. The second kappa shape index (κ2) is 21.9. The van der Waals surface area contributed by atoms with Crippen LogP contribution in [0.4, 0.5) is 27.5 Å². The van der Waals surface area contributed by atoms with Gasteiger partial charge in [-0.3, -0.25) is 29.4 Å². The number of amides is 3. The first-order valence-corrected chi connectivity index (χ1v) is 25.9. The summed E-state index contributed by atoms with van der Waals surface area (Å²) in [7, 11) is 0. The van der Waals surface area contributed by atoms with Crippen LogP contribution in [0.3, 0.4) is 0 Å². The number of aliphatic hydroxyl groups excluding tert-OH is 1. The van der Waals surface area contributed by atoms with E-state index in [9.17, 15) is 15.2 Å². The molecule has 3 fully saturated rings. The Morgan fingerprint density at radius 3 is 2.23 bits per heavy atom. The number of hydrogen-bond donors (Lipinski definition) is 2. The predicted octanol–water partition coefficient (Wildman–Crippen LogP) is 9.30. The lowest BCUT2D eigenvalue weighted by Gasteiger charge is -2.46. The Morgan fingerprint density at radius 1 is 0.805 bits per heavy atom. The van der Waals surface area contributed by atoms with Gasteiger partial charge >= 0.3 is 12.1 Å². The van der Waals surface area contributed by atoms with Crippen molar-refractivity contribution in [1.82, 2.24) is 4.90 Å².